The fourth-order valence-corrected chi connectivity index (χ4v) is 3.70. The van der Waals surface area contributed by atoms with Crippen LogP contribution in [0, 0.1) is 0 Å². The maximum atomic E-state index is 13.2. The number of benzene rings is 2. The van der Waals surface area contributed by atoms with Crippen LogP contribution < -0.4 is 4.90 Å². The van der Waals surface area contributed by atoms with Crippen molar-refractivity contribution in [3.63, 3.8) is 0 Å². The molecular weight excluding hydrogens is 376 g/mol. The highest BCUT2D eigenvalue weighted by molar-refractivity contribution is 6.31. The van der Waals surface area contributed by atoms with E-state index < -0.39 is 11.5 Å². The third kappa shape index (κ3) is 3.09. The van der Waals surface area contributed by atoms with Crippen molar-refractivity contribution in [2.75, 3.05) is 4.90 Å². The van der Waals surface area contributed by atoms with E-state index in [1.54, 1.807) is 42.5 Å². The van der Waals surface area contributed by atoms with Crippen molar-refractivity contribution in [2.45, 2.75) is 18.6 Å². The number of para-hydroxylation sites is 1. The molecule has 3 aromatic rings. The molecular formula is C22H17ClN2O3. The van der Waals surface area contributed by atoms with Gasteiger partial charge in [0.25, 0.3) is 5.91 Å². The lowest BCUT2D eigenvalue weighted by Crippen LogP contribution is -2.41. The van der Waals surface area contributed by atoms with Crippen LogP contribution in [0.5, 0.6) is 0 Å². The van der Waals surface area contributed by atoms with Crippen molar-refractivity contribution in [1.82, 2.24) is 4.98 Å². The van der Waals surface area contributed by atoms with Crippen LogP contribution >= 0.6 is 11.6 Å². The van der Waals surface area contributed by atoms with Crippen LogP contribution in [0.15, 0.2) is 73.1 Å². The van der Waals surface area contributed by atoms with Gasteiger partial charge in [-0.15, -0.1) is 0 Å². The van der Waals surface area contributed by atoms with Crippen LogP contribution in [0.3, 0.4) is 0 Å². The van der Waals surface area contributed by atoms with Gasteiger partial charge in [0.2, 0.25) is 0 Å². The molecule has 6 heteroatoms. The summed E-state index contributed by atoms with van der Waals surface area (Å²) in [5.74, 6) is -0.858. The molecule has 0 unspecified atom stereocenters. The van der Waals surface area contributed by atoms with Crippen LogP contribution in [-0.2, 0) is 16.9 Å². The molecule has 1 amide bonds. The number of carbonyl (C=O) groups excluding carboxylic acids is 2. The van der Waals surface area contributed by atoms with Gasteiger partial charge < -0.3 is 10.0 Å². The Morgan fingerprint density at radius 3 is 2.46 bits per heavy atom. The number of anilines is 1. The third-order valence-electron chi connectivity index (χ3n) is 4.94. The molecule has 2 heterocycles. The minimum atomic E-state index is -1.92. The first-order chi connectivity index (χ1) is 13.5. The van der Waals surface area contributed by atoms with Crippen LogP contribution in [0.4, 0.5) is 5.69 Å². The maximum absolute atomic E-state index is 13.2. The summed E-state index contributed by atoms with van der Waals surface area (Å²) in [7, 11) is 0. The van der Waals surface area contributed by atoms with E-state index in [1.807, 2.05) is 18.2 Å². The second kappa shape index (κ2) is 7.19. The number of amides is 1. The average Bonchev–Trinajstić information content (AvgIpc) is 2.92. The summed E-state index contributed by atoms with van der Waals surface area (Å²) in [5, 5.41) is 11.8. The van der Waals surface area contributed by atoms with E-state index in [-0.39, 0.29) is 18.7 Å². The van der Waals surface area contributed by atoms with E-state index >= 15 is 0 Å². The van der Waals surface area contributed by atoms with Gasteiger partial charge in [0.15, 0.2) is 11.4 Å². The summed E-state index contributed by atoms with van der Waals surface area (Å²) in [4.78, 5) is 31.3. The Hall–Kier alpha value is -3.02. The van der Waals surface area contributed by atoms with Gasteiger partial charge >= 0.3 is 0 Å². The molecule has 1 N–H and O–H groups in total. The Balaban J connectivity index is 1.70. The van der Waals surface area contributed by atoms with Crippen molar-refractivity contribution in [2.24, 2.45) is 0 Å². The van der Waals surface area contributed by atoms with Crippen LogP contribution in [0.1, 0.15) is 27.9 Å². The number of aliphatic hydroxyl groups is 1. The monoisotopic (exact) mass is 392 g/mol. The van der Waals surface area contributed by atoms with E-state index in [2.05, 4.69) is 4.98 Å². The smallest absolute Gasteiger partial charge is 0.264 e. The molecule has 0 saturated heterocycles. The third-order valence-corrected chi connectivity index (χ3v) is 5.31. The summed E-state index contributed by atoms with van der Waals surface area (Å²) in [5.41, 5.74) is 0.250. The van der Waals surface area contributed by atoms with Crippen LogP contribution in [0.25, 0.3) is 0 Å². The molecule has 0 saturated carbocycles. The number of rotatable bonds is 5. The van der Waals surface area contributed by atoms with Crippen LogP contribution in [0.2, 0.25) is 5.02 Å². The maximum Gasteiger partial charge on any atom is 0.264 e. The van der Waals surface area contributed by atoms with E-state index in [0.29, 0.717) is 21.8 Å². The standard InChI is InChI=1S/C22H17ClN2O3/c23-18-7-3-1-5-16(18)14-25-19-8-4-2-6-17(19)22(28,21(25)27)13-20(26)15-9-11-24-12-10-15/h1-12,28H,13-14H2/t22-/m0/s1. The van der Waals surface area contributed by atoms with Crippen molar-refractivity contribution >= 4 is 29.0 Å². The molecule has 28 heavy (non-hydrogen) atoms. The highest BCUT2D eigenvalue weighted by Crippen LogP contribution is 2.43. The Morgan fingerprint density at radius 2 is 1.71 bits per heavy atom. The Morgan fingerprint density at radius 1 is 1.04 bits per heavy atom. The first kappa shape index (κ1) is 18.3. The molecule has 0 spiro atoms. The summed E-state index contributed by atoms with van der Waals surface area (Å²) in [6.45, 7) is 0.210. The van der Waals surface area contributed by atoms with Gasteiger partial charge in [-0.25, -0.2) is 0 Å². The van der Waals surface area contributed by atoms with Gasteiger partial charge in [-0.2, -0.15) is 0 Å². The number of fused-ring (bicyclic) bond motifs is 1. The lowest BCUT2D eigenvalue weighted by Gasteiger charge is -2.23. The number of aromatic nitrogens is 1. The second-order valence-corrected chi connectivity index (χ2v) is 7.10. The Kier molecular flexibility index (Phi) is 4.71. The van der Waals surface area contributed by atoms with Gasteiger partial charge in [-0.3, -0.25) is 14.6 Å². The fourth-order valence-electron chi connectivity index (χ4n) is 3.50. The lowest BCUT2D eigenvalue weighted by atomic mass is 9.88. The molecule has 0 radical (unpaired) electrons. The molecule has 1 atom stereocenters. The number of hydrogen-bond donors (Lipinski definition) is 1. The molecule has 0 fully saturated rings. The van der Waals surface area contributed by atoms with E-state index in [4.69, 9.17) is 11.6 Å². The number of pyridine rings is 1. The highest BCUT2D eigenvalue weighted by Gasteiger charge is 2.50. The predicted molar refractivity (Wildman–Crippen MR) is 106 cm³/mol. The first-order valence-electron chi connectivity index (χ1n) is 8.81. The normalized spacial score (nSPS) is 18.2. The quantitative estimate of drug-likeness (QED) is 0.671. The van der Waals surface area contributed by atoms with Crippen molar-refractivity contribution in [1.29, 1.82) is 0 Å². The zero-order valence-corrected chi connectivity index (χ0v) is 15.6. The molecule has 1 aromatic heterocycles. The molecule has 0 bridgehead atoms. The van der Waals surface area contributed by atoms with Gasteiger partial charge in [-0.05, 0) is 29.8 Å². The summed E-state index contributed by atoms with van der Waals surface area (Å²) < 4.78 is 0. The number of Topliss-reactive ketones (excluding diaryl/α,β-unsaturated/α-hetero) is 1. The summed E-state index contributed by atoms with van der Waals surface area (Å²) in [6, 6.07) is 17.4. The first-order valence-corrected chi connectivity index (χ1v) is 9.19. The number of halogens is 1. The van der Waals surface area contributed by atoms with Gasteiger partial charge in [0.1, 0.15) is 0 Å². The largest absolute Gasteiger partial charge is 0.375 e. The minimum Gasteiger partial charge on any atom is -0.375 e. The predicted octanol–water partition coefficient (Wildman–Crippen LogP) is 3.74. The van der Waals surface area contributed by atoms with E-state index in [1.165, 1.54) is 17.3 Å². The molecule has 1 aliphatic rings. The number of carbonyl (C=O) groups is 2. The van der Waals surface area contributed by atoms with Gasteiger partial charge in [0.05, 0.1) is 18.7 Å². The second-order valence-electron chi connectivity index (χ2n) is 6.70. The Bertz CT molecular complexity index is 1050. The topological polar surface area (TPSA) is 70.5 Å². The van der Waals surface area contributed by atoms with Gasteiger partial charge in [0, 0.05) is 28.5 Å². The summed E-state index contributed by atoms with van der Waals surface area (Å²) >= 11 is 6.25. The van der Waals surface area contributed by atoms with Crippen LogP contribution in [-0.4, -0.2) is 21.8 Å². The van der Waals surface area contributed by atoms with E-state index in [0.717, 1.165) is 5.56 Å². The van der Waals surface area contributed by atoms with Crippen molar-refractivity contribution < 1.29 is 14.7 Å². The Labute approximate surface area is 167 Å². The fraction of sp³-hybridized carbons (Fsp3) is 0.136. The molecule has 140 valence electrons. The molecule has 1 aliphatic heterocycles. The molecule has 5 nitrogen and oxygen atoms in total. The van der Waals surface area contributed by atoms with Crippen molar-refractivity contribution in [3.05, 3.63) is 94.8 Å². The molecule has 2 aromatic carbocycles. The zero-order valence-electron chi connectivity index (χ0n) is 14.9. The zero-order chi connectivity index (χ0) is 19.7. The number of nitrogens with zero attached hydrogens (tertiary/aromatic N) is 2. The lowest BCUT2D eigenvalue weighted by molar-refractivity contribution is -0.136. The number of hydrogen-bond acceptors (Lipinski definition) is 4. The summed E-state index contributed by atoms with van der Waals surface area (Å²) in [6.07, 6.45) is 2.67. The average molecular weight is 393 g/mol. The van der Waals surface area contributed by atoms with E-state index in [9.17, 15) is 14.7 Å². The SMILES string of the molecule is O=C(C[C@@]1(O)C(=O)N(Cc2ccccc2Cl)c2ccccc21)c1ccncc1. The van der Waals surface area contributed by atoms with Gasteiger partial charge in [-0.1, -0.05) is 48.0 Å². The molecule has 0 aliphatic carbocycles. The number of ketones is 1. The minimum absolute atomic E-state index is 0.210. The molecule has 4 rings (SSSR count). The highest BCUT2D eigenvalue weighted by atomic mass is 35.5. The van der Waals surface area contributed by atoms with Crippen molar-refractivity contribution in [3.8, 4) is 0 Å².